The first-order chi connectivity index (χ1) is 3.48. The summed E-state index contributed by atoms with van der Waals surface area (Å²) in [6, 6.07) is 0. The molecule has 46 valence electrons. The minimum absolute atomic E-state index is 0.189. The molecule has 0 heterocycles. The molecule has 0 aliphatic carbocycles. The van der Waals surface area contributed by atoms with Crippen LogP contribution in [0.3, 0.4) is 0 Å². The fraction of sp³-hybridized carbons (Fsp3) is 0.625. The lowest BCUT2D eigenvalue weighted by Gasteiger charge is -2.30. The second-order valence-electron chi connectivity index (χ2n) is 3.02. The van der Waals surface area contributed by atoms with Crippen LogP contribution in [0.1, 0.15) is 27.7 Å². The summed E-state index contributed by atoms with van der Waals surface area (Å²) in [7, 11) is 0. The van der Waals surface area contributed by atoms with Crippen LogP contribution in [0.2, 0.25) is 0 Å². The zero-order valence-electron chi connectivity index (χ0n) is 6.08. The van der Waals surface area contributed by atoms with Crippen LogP contribution in [-0.2, 0) is 0 Å². The van der Waals surface area contributed by atoms with E-state index in [9.17, 15) is 0 Å². The van der Waals surface area contributed by atoms with Crippen LogP contribution in [0.25, 0.3) is 0 Å². The van der Waals surface area contributed by atoms with Gasteiger partial charge < -0.3 is 6.42 Å². The zero-order valence-corrected chi connectivity index (χ0v) is 6.08. The highest BCUT2D eigenvalue weighted by Gasteiger charge is 2.08. The molecule has 0 radical (unpaired) electrons. The van der Waals surface area contributed by atoms with Gasteiger partial charge in [-0.05, 0) is 0 Å². The van der Waals surface area contributed by atoms with Gasteiger partial charge in [-0.15, -0.1) is 6.92 Å². The van der Waals surface area contributed by atoms with E-state index in [4.69, 9.17) is 6.42 Å². The van der Waals surface area contributed by atoms with Gasteiger partial charge in [-0.2, -0.15) is 5.92 Å². The van der Waals surface area contributed by atoms with Crippen molar-refractivity contribution < 1.29 is 0 Å². The third-order valence-corrected chi connectivity index (χ3v) is 1.34. The molecular formula is C8H13-. The third-order valence-electron chi connectivity index (χ3n) is 1.34. The van der Waals surface area contributed by atoms with Gasteiger partial charge in [0.1, 0.15) is 0 Å². The van der Waals surface area contributed by atoms with Gasteiger partial charge in [0, 0.05) is 0 Å². The Bertz CT molecular complexity index is 98.2. The molecule has 0 heteroatoms. The van der Waals surface area contributed by atoms with Gasteiger partial charge >= 0.3 is 0 Å². The van der Waals surface area contributed by atoms with Crippen LogP contribution in [-0.4, -0.2) is 0 Å². The van der Waals surface area contributed by atoms with E-state index in [-0.39, 0.29) is 5.41 Å². The van der Waals surface area contributed by atoms with E-state index in [1.165, 1.54) is 0 Å². The molecule has 0 aromatic carbocycles. The molecule has 0 aromatic rings. The van der Waals surface area contributed by atoms with Crippen molar-refractivity contribution in [1.82, 2.24) is 0 Å². The van der Waals surface area contributed by atoms with E-state index >= 15 is 0 Å². The second kappa shape index (κ2) is 2.13. The summed E-state index contributed by atoms with van der Waals surface area (Å²) in [6.45, 7) is 8.33. The fourth-order valence-corrected chi connectivity index (χ4v) is 0.217. The summed E-state index contributed by atoms with van der Waals surface area (Å²) in [6.07, 6.45) is 5.17. The number of terminal acetylenes is 1. The van der Waals surface area contributed by atoms with Crippen molar-refractivity contribution in [3.05, 3.63) is 5.92 Å². The SMILES string of the molecule is C#C[C-](C)C(C)(C)C. The molecule has 0 aromatic heterocycles. The van der Waals surface area contributed by atoms with Crippen molar-refractivity contribution >= 4 is 0 Å². The minimum Gasteiger partial charge on any atom is -0.344 e. The molecule has 8 heavy (non-hydrogen) atoms. The van der Waals surface area contributed by atoms with E-state index in [2.05, 4.69) is 26.7 Å². The lowest BCUT2D eigenvalue weighted by molar-refractivity contribution is 0.463. The molecule has 0 nitrogen and oxygen atoms in total. The molecule has 0 atom stereocenters. The Hall–Kier alpha value is -0.570. The molecule has 0 N–H and O–H groups in total. The summed E-state index contributed by atoms with van der Waals surface area (Å²) >= 11 is 0. The Balaban J connectivity index is 3.87. The first-order valence-corrected chi connectivity index (χ1v) is 2.79. The van der Waals surface area contributed by atoms with Crippen LogP contribution in [0, 0.1) is 23.7 Å². The van der Waals surface area contributed by atoms with Crippen molar-refractivity contribution in [1.29, 1.82) is 0 Å². The van der Waals surface area contributed by atoms with Crippen LogP contribution in [0.15, 0.2) is 0 Å². The van der Waals surface area contributed by atoms with Crippen LogP contribution < -0.4 is 0 Å². The average Bonchev–Trinajstić information content (AvgIpc) is 1.62. The lowest BCUT2D eigenvalue weighted by atomic mass is 9.83. The summed E-state index contributed by atoms with van der Waals surface area (Å²) < 4.78 is 0. The molecule has 0 fully saturated rings. The third kappa shape index (κ3) is 1.93. The van der Waals surface area contributed by atoms with E-state index in [1.54, 1.807) is 0 Å². The van der Waals surface area contributed by atoms with E-state index < -0.39 is 0 Å². The van der Waals surface area contributed by atoms with Crippen molar-refractivity contribution in [2.24, 2.45) is 5.41 Å². The van der Waals surface area contributed by atoms with Crippen LogP contribution >= 0.6 is 0 Å². The molecule has 0 aliphatic rings. The summed E-state index contributed by atoms with van der Waals surface area (Å²) in [5.41, 5.74) is 0.189. The minimum atomic E-state index is 0.189. The average molecular weight is 109 g/mol. The van der Waals surface area contributed by atoms with Gasteiger partial charge in [0.2, 0.25) is 0 Å². The molecule has 0 amide bonds. The first kappa shape index (κ1) is 7.43. The standard InChI is InChI=1S/C8H13/c1-6-7(2)8(3,4)5/h1H,2-5H3/q-1. The van der Waals surface area contributed by atoms with Crippen molar-refractivity contribution in [3.63, 3.8) is 0 Å². The van der Waals surface area contributed by atoms with E-state index in [0.29, 0.717) is 0 Å². The predicted octanol–water partition coefficient (Wildman–Crippen LogP) is 2.26. The maximum Gasteiger partial charge on any atom is -0.0713 e. The Labute approximate surface area is 52.3 Å². The molecule has 0 saturated heterocycles. The highest BCUT2D eigenvalue weighted by Crippen LogP contribution is 2.25. The quantitative estimate of drug-likeness (QED) is 0.330. The fourth-order valence-electron chi connectivity index (χ4n) is 0.217. The monoisotopic (exact) mass is 109 g/mol. The maximum absolute atomic E-state index is 5.17. The Kier molecular flexibility index (Phi) is 1.98. The van der Waals surface area contributed by atoms with Crippen molar-refractivity contribution in [3.8, 4) is 12.3 Å². The van der Waals surface area contributed by atoms with Gasteiger partial charge in [0.15, 0.2) is 0 Å². The maximum atomic E-state index is 5.17. The van der Waals surface area contributed by atoms with Crippen LogP contribution in [0.4, 0.5) is 0 Å². The lowest BCUT2D eigenvalue weighted by Crippen LogP contribution is -2.12. The molecule has 0 unspecified atom stereocenters. The molecule has 0 bridgehead atoms. The van der Waals surface area contributed by atoms with Crippen molar-refractivity contribution in [2.45, 2.75) is 27.7 Å². The Morgan fingerprint density at radius 1 is 1.38 bits per heavy atom. The second-order valence-corrected chi connectivity index (χ2v) is 3.02. The normalized spacial score (nSPS) is 10.4. The number of hydrogen-bond donors (Lipinski definition) is 0. The molecule has 0 spiro atoms. The smallest absolute Gasteiger partial charge is 0.0713 e. The van der Waals surface area contributed by atoms with Gasteiger partial charge in [-0.1, -0.05) is 26.2 Å². The summed E-state index contributed by atoms with van der Waals surface area (Å²) in [5.74, 6) is 3.73. The summed E-state index contributed by atoms with van der Waals surface area (Å²) in [5, 5.41) is 0. The zero-order chi connectivity index (χ0) is 6.78. The molecule has 0 rings (SSSR count). The van der Waals surface area contributed by atoms with Gasteiger partial charge in [0.25, 0.3) is 0 Å². The highest BCUT2D eigenvalue weighted by atomic mass is 14.2. The summed E-state index contributed by atoms with van der Waals surface area (Å²) in [4.78, 5) is 0. The number of rotatable bonds is 0. The molecular weight excluding hydrogens is 96.1 g/mol. The molecule has 0 saturated carbocycles. The predicted molar refractivity (Wildman–Crippen MR) is 37.2 cm³/mol. The topological polar surface area (TPSA) is 0 Å². The molecule has 0 aliphatic heterocycles. The van der Waals surface area contributed by atoms with Crippen LogP contribution in [0.5, 0.6) is 0 Å². The van der Waals surface area contributed by atoms with E-state index in [0.717, 1.165) is 5.92 Å². The van der Waals surface area contributed by atoms with E-state index in [1.807, 2.05) is 6.92 Å². The van der Waals surface area contributed by atoms with Gasteiger partial charge in [-0.3, -0.25) is 5.92 Å². The first-order valence-electron chi connectivity index (χ1n) is 2.79. The van der Waals surface area contributed by atoms with Gasteiger partial charge in [-0.25, -0.2) is 0 Å². The number of hydrogen-bond acceptors (Lipinski definition) is 0. The largest absolute Gasteiger partial charge is 0.344 e. The Morgan fingerprint density at radius 3 is 1.75 bits per heavy atom. The van der Waals surface area contributed by atoms with Crippen molar-refractivity contribution in [2.75, 3.05) is 0 Å². The highest BCUT2D eigenvalue weighted by molar-refractivity contribution is 5.19. The Morgan fingerprint density at radius 2 is 1.75 bits per heavy atom. The van der Waals surface area contributed by atoms with Gasteiger partial charge in [0.05, 0.1) is 0 Å².